The third-order valence-electron chi connectivity index (χ3n) is 1.22. The van der Waals surface area contributed by atoms with Crippen LogP contribution in [0.1, 0.15) is 6.92 Å². The molecule has 0 fully saturated rings. The molecule has 76 valence electrons. The van der Waals surface area contributed by atoms with Crippen LogP contribution in [0.2, 0.25) is 0 Å². The predicted octanol–water partition coefficient (Wildman–Crippen LogP) is 1.04. The number of nitrogens with zero attached hydrogens (tertiary/aromatic N) is 2. The zero-order valence-corrected chi connectivity index (χ0v) is 8.78. The van der Waals surface area contributed by atoms with Crippen LogP contribution in [0.4, 0.5) is 11.5 Å². The van der Waals surface area contributed by atoms with Crippen LogP contribution in [0.15, 0.2) is 12.3 Å². The van der Waals surface area contributed by atoms with E-state index in [0.717, 1.165) is 12.2 Å². The molecule has 0 amide bonds. The largest absolute Gasteiger partial charge is 0.382 e. The van der Waals surface area contributed by atoms with Crippen LogP contribution >= 0.6 is 24.8 Å². The Morgan fingerprint density at radius 3 is 2.69 bits per heavy atom. The molecule has 1 aromatic rings. The van der Waals surface area contributed by atoms with Crippen LogP contribution in [0, 0.1) is 0 Å². The average Bonchev–Trinajstić information content (AvgIpc) is 2.06. The van der Waals surface area contributed by atoms with Gasteiger partial charge in [-0.3, -0.25) is 0 Å². The number of rotatable bonds is 3. The maximum Gasteiger partial charge on any atom is 0.186 e. The molecule has 7 heteroatoms. The molecular weight excluding hydrogens is 213 g/mol. The van der Waals surface area contributed by atoms with Gasteiger partial charge in [-0.05, 0) is 13.0 Å². The number of nitrogens with one attached hydrogen (secondary N) is 2. The van der Waals surface area contributed by atoms with Crippen LogP contribution in [-0.4, -0.2) is 16.7 Å². The molecule has 0 saturated carbocycles. The van der Waals surface area contributed by atoms with E-state index < -0.39 is 0 Å². The zero-order chi connectivity index (χ0) is 8.10. The number of anilines is 2. The van der Waals surface area contributed by atoms with Crippen LogP contribution in [0.3, 0.4) is 0 Å². The van der Waals surface area contributed by atoms with Gasteiger partial charge in [0.1, 0.15) is 0 Å². The molecule has 0 aliphatic rings. The molecule has 0 atom stereocenters. The van der Waals surface area contributed by atoms with Crippen molar-refractivity contribution in [3.05, 3.63) is 12.3 Å². The van der Waals surface area contributed by atoms with Crippen molar-refractivity contribution in [1.29, 1.82) is 0 Å². The zero-order valence-electron chi connectivity index (χ0n) is 7.15. The number of hydrogen-bond acceptors (Lipinski definition) is 5. The predicted molar refractivity (Wildman–Crippen MR) is 58.5 cm³/mol. The Morgan fingerprint density at radius 1 is 1.46 bits per heavy atom. The molecule has 0 spiro atoms. The summed E-state index contributed by atoms with van der Waals surface area (Å²) in [5.74, 6) is 5.75. The highest BCUT2D eigenvalue weighted by Gasteiger charge is 1.98. The second-order valence-corrected chi connectivity index (χ2v) is 1.97. The van der Waals surface area contributed by atoms with Crippen molar-refractivity contribution < 1.29 is 0 Å². The van der Waals surface area contributed by atoms with Crippen molar-refractivity contribution in [2.24, 2.45) is 5.84 Å². The summed E-state index contributed by atoms with van der Waals surface area (Å²) in [6.07, 6.45) is 1.61. The summed E-state index contributed by atoms with van der Waals surface area (Å²) in [6, 6.07) is 1.81. The summed E-state index contributed by atoms with van der Waals surface area (Å²) in [5.41, 5.74) is 3.31. The van der Waals surface area contributed by atoms with Gasteiger partial charge in [0.05, 0.1) is 11.9 Å². The van der Waals surface area contributed by atoms with Crippen LogP contribution in [-0.2, 0) is 0 Å². The number of nitrogen functional groups attached to an aromatic ring is 1. The van der Waals surface area contributed by atoms with Gasteiger partial charge in [-0.2, -0.15) is 5.10 Å². The molecule has 4 N–H and O–H groups in total. The SMILES string of the molecule is CCNc1ccnnc1NN.Cl.Cl. The number of halogens is 2. The number of hydrazine groups is 1. The molecule has 1 aromatic heterocycles. The lowest BCUT2D eigenvalue weighted by molar-refractivity contribution is 1.01. The second-order valence-electron chi connectivity index (χ2n) is 1.97. The van der Waals surface area contributed by atoms with E-state index >= 15 is 0 Å². The van der Waals surface area contributed by atoms with Crippen LogP contribution < -0.4 is 16.6 Å². The first-order valence-electron chi connectivity index (χ1n) is 3.40. The molecule has 0 unspecified atom stereocenters. The summed E-state index contributed by atoms with van der Waals surface area (Å²) in [5, 5.41) is 10.5. The van der Waals surface area contributed by atoms with Gasteiger partial charge in [0, 0.05) is 6.54 Å². The first-order valence-corrected chi connectivity index (χ1v) is 3.40. The maximum absolute atomic E-state index is 5.19. The minimum atomic E-state index is 0. The highest BCUT2D eigenvalue weighted by atomic mass is 35.5. The van der Waals surface area contributed by atoms with Crippen molar-refractivity contribution in [1.82, 2.24) is 10.2 Å². The van der Waals surface area contributed by atoms with Gasteiger partial charge in [-0.25, -0.2) is 5.84 Å². The first kappa shape index (κ1) is 14.7. The number of nitrogens with two attached hydrogens (primary N) is 1. The molecule has 0 aromatic carbocycles. The fourth-order valence-corrected chi connectivity index (χ4v) is 0.771. The maximum atomic E-state index is 5.19. The topological polar surface area (TPSA) is 75.9 Å². The Morgan fingerprint density at radius 2 is 2.15 bits per heavy atom. The molecular formula is C6H13Cl2N5. The molecule has 0 aliphatic heterocycles. The second kappa shape index (κ2) is 7.85. The van der Waals surface area contributed by atoms with Gasteiger partial charge < -0.3 is 10.7 Å². The summed E-state index contributed by atoms with van der Waals surface area (Å²) in [6.45, 7) is 2.83. The van der Waals surface area contributed by atoms with Crippen LogP contribution in [0.5, 0.6) is 0 Å². The molecule has 0 saturated heterocycles. The standard InChI is InChI=1S/C6H11N5.2ClH/c1-2-8-5-3-4-9-11-6(5)10-7;;/h3-4H,2,7H2,1H3,(H,8,9)(H,10,11);2*1H. The van der Waals surface area contributed by atoms with Crippen molar-refractivity contribution in [2.75, 3.05) is 17.3 Å². The van der Waals surface area contributed by atoms with Crippen molar-refractivity contribution in [2.45, 2.75) is 6.92 Å². The minimum Gasteiger partial charge on any atom is -0.382 e. The Kier molecular flexibility index (Phi) is 8.89. The monoisotopic (exact) mass is 225 g/mol. The fourth-order valence-electron chi connectivity index (χ4n) is 0.771. The quantitative estimate of drug-likeness (QED) is 0.530. The highest BCUT2D eigenvalue weighted by molar-refractivity contribution is 5.85. The van der Waals surface area contributed by atoms with Crippen molar-refractivity contribution >= 4 is 36.3 Å². The highest BCUT2D eigenvalue weighted by Crippen LogP contribution is 2.13. The summed E-state index contributed by atoms with van der Waals surface area (Å²) < 4.78 is 0. The van der Waals surface area contributed by atoms with E-state index in [2.05, 4.69) is 20.9 Å². The number of hydrogen-bond donors (Lipinski definition) is 3. The molecule has 0 radical (unpaired) electrons. The molecule has 5 nitrogen and oxygen atoms in total. The van der Waals surface area contributed by atoms with Crippen molar-refractivity contribution in [3.8, 4) is 0 Å². The van der Waals surface area contributed by atoms with E-state index in [1.54, 1.807) is 6.20 Å². The van der Waals surface area contributed by atoms with Gasteiger partial charge in [-0.1, -0.05) is 0 Å². The lowest BCUT2D eigenvalue weighted by Crippen LogP contribution is -2.12. The Bertz CT molecular complexity index is 232. The number of aromatic nitrogens is 2. The average molecular weight is 226 g/mol. The third-order valence-corrected chi connectivity index (χ3v) is 1.22. The normalized spacial score (nSPS) is 7.85. The lowest BCUT2D eigenvalue weighted by atomic mass is 10.4. The molecule has 1 rings (SSSR count). The first-order chi connectivity index (χ1) is 5.38. The molecule has 1 heterocycles. The van der Waals surface area contributed by atoms with Gasteiger partial charge in [0.25, 0.3) is 0 Å². The van der Waals surface area contributed by atoms with E-state index in [0.29, 0.717) is 5.82 Å². The van der Waals surface area contributed by atoms with E-state index in [4.69, 9.17) is 5.84 Å². The summed E-state index contributed by atoms with van der Waals surface area (Å²) in [7, 11) is 0. The smallest absolute Gasteiger partial charge is 0.186 e. The third kappa shape index (κ3) is 4.12. The van der Waals surface area contributed by atoms with Gasteiger partial charge in [-0.15, -0.1) is 29.9 Å². The van der Waals surface area contributed by atoms with E-state index in [1.807, 2.05) is 13.0 Å². The molecule has 0 bridgehead atoms. The Labute approximate surface area is 89.3 Å². The van der Waals surface area contributed by atoms with Gasteiger partial charge in [0.15, 0.2) is 5.82 Å². The van der Waals surface area contributed by atoms with Gasteiger partial charge >= 0.3 is 0 Å². The molecule has 13 heavy (non-hydrogen) atoms. The van der Waals surface area contributed by atoms with Gasteiger partial charge in [0.2, 0.25) is 0 Å². The summed E-state index contributed by atoms with van der Waals surface area (Å²) >= 11 is 0. The van der Waals surface area contributed by atoms with E-state index in [-0.39, 0.29) is 24.8 Å². The summed E-state index contributed by atoms with van der Waals surface area (Å²) in [4.78, 5) is 0. The Hall–Kier alpha value is -0.780. The fraction of sp³-hybridized carbons (Fsp3) is 0.333. The lowest BCUT2D eigenvalue weighted by Gasteiger charge is -2.06. The minimum absolute atomic E-state index is 0. The Balaban J connectivity index is 0. The van der Waals surface area contributed by atoms with Crippen molar-refractivity contribution in [3.63, 3.8) is 0 Å². The van der Waals surface area contributed by atoms with Crippen LogP contribution in [0.25, 0.3) is 0 Å². The van der Waals surface area contributed by atoms with E-state index in [9.17, 15) is 0 Å². The van der Waals surface area contributed by atoms with E-state index in [1.165, 1.54) is 0 Å². The molecule has 0 aliphatic carbocycles.